The first-order valence-corrected chi connectivity index (χ1v) is 7.10. The van der Waals surface area contributed by atoms with Crippen molar-refractivity contribution >= 4 is 23.4 Å². The molecule has 19 heavy (non-hydrogen) atoms. The minimum atomic E-state index is -0.0816. The molecule has 1 aromatic rings. The lowest BCUT2D eigenvalue weighted by Crippen LogP contribution is -2.35. The van der Waals surface area contributed by atoms with Crippen molar-refractivity contribution in [1.82, 2.24) is 4.98 Å². The Morgan fingerprint density at radius 3 is 2.84 bits per heavy atom. The minimum Gasteiger partial charge on any atom is -0.466 e. The SMILES string of the molecule is CCOC(=O)CC1CCN(c2cccc(Cl)n2)CC1. The number of nitrogens with zero attached hydrogens (tertiary/aromatic N) is 2. The quantitative estimate of drug-likeness (QED) is 0.629. The molecule has 0 spiro atoms. The highest BCUT2D eigenvalue weighted by Crippen LogP contribution is 2.25. The molecule has 0 N–H and O–H groups in total. The van der Waals surface area contributed by atoms with Crippen molar-refractivity contribution in [3.05, 3.63) is 23.4 Å². The third-order valence-corrected chi connectivity index (χ3v) is 3.61. The highest BCUT2D eigenvalue weighted by Gasteiger charge is 2.22. The highest BCUT2D eigenvalue weighted by molar-refractivity contribution is 6.29. The van der Waals surface area contributed by atoms with Crippen LogP contribution in [-0.2, 0) is 9.53 Å². The van der Waals surface area contributed by atoms with Crippen molar-refractivity contribution in [2.24, 2.45) is 5.92 Å². The molecule has 104 valence electrons. The molecule has 0 amide bonds. The van der Waals surface area contributed by atoms with Crippen molar-refractivity contribution in [3.8, 4) is 0 Å². The molecule has 0 bridgehead atoms. The molecule has 0 atom stereocenters. The summed E-state index contributed by atoms with van der Waals surface area (Å²) >= 11 is 5.90. The van der Waals surface area contributed by atoms with Gasteiger partial charge in [-0.3, -0.25) is 4.79 Å². The van der Waals surface area contributed by atoms with Crippen LogP contribution >= 0.6 is 11.6 Å². The number of hydrogen-bond donors (Lipinski definition) is 0. The van der Waals surface area contributed by atoms with Crippen molar-refractivity contribution in [1.29, 1.82) is 0 Å². The molecule has 1 aliphatic heterocycles. The van der Waals surface area contributed by atoms with E-state index in [0.29, 0.717) is 24.1 Å². The lowest BCUT2D eigenvalue weighted by Gasteiger charge is -2.32. The van der Waals surface area contributed by atoms with Crippen molar-refractivity contribution in [2.75, 3.05) is 24.6 Å². The van der Waals surface area contributed by atoms with E-state index < -0.39 is 0 Å². The van der Waals surface area contributed by atoms with Crippen LogP contribution in [0.25, 0.3) is 0 Å². The average Bonchev–Trinajstić information content (AvgIpc) is 2.40. The zero-order valence-electron chi connectivity index (χ0n) is 11.1. The second kappa shape index (κ2) is 6.75. The summed E-state index contributed by atoms with van der Waals surface area (Å²) in [5, 5.41) is 0.520. The first-order chi connectivity index (χ1) is 9.19. The Bertz CT molecular complexity index is 431. The lowest BCUT2D eigenvalue weighted by atomic mass is 9.93. The topological polar surface area (TPSA) is 42.4 Å². The first-order valence-electron chi connectivity index (χ1n) is 6.72. The van der Waals surface area contributed by atoms with Gasteiger partial charge in [0.15, 0.2) is 0 Å². The van der Waals surface area contributed by atoms with E-state index in [0.717, 1.165) is 31.7 Å². The van der Waals surface area contributed by atoms with E-state index >= 15 is 0 Å². The van der Waals surface area contributed by atoms with Crippen LogP contribution in [0.4, 0.5) is 5.82 Å². The smallest absolute Gasteiger partial charge is 0.306 e. The number of halogens is 1. The number of carbonyl (C=O) groups is 1. The summed E-state index contributed by atoms with van der Waals surface area (Å²) in [5.74, 6) is 1.26. The summed E-state index contributed by atoms with van der Waals surface area (Å²) in [7, 11) is 0. The van der Waals surface area contributed by atoms with Crippen molar-refractivity contribution in [3.63, 3.8) is 0 Å². The van der Waals surface area contributed by atoms with E-state index in [2.05, 4.69) is 9.88 Å². The van der Waals surface area contributed by atoms with E-state index in [4.69, 9.17) is 16.3 Å². The lowest BCUT2D eigenvalue weighted by molar-refractivity contribution is -0.144. The molecule has 0 aliphatic carbocycles. The summed E-state index contributed by atoms with van der Waals surface area (Å²) in [6, 6.07) is 5.66. The maximum absolute atomic E-state index is 11.4. The fourth-order valence-electron chi connectivity index (χ4n) is 2.40. The average molecular weight is 283 g/mol. The Kier molecular flexibility index (Phi) is 5.02. The van der Waals surface area contributed by atoms with E-state index in [1.54, 1.807) is 6.07 Å². The molecule has 0 unspecified atom stereocenters. The van der Waals surface area contributed by atoms with Gasteiger partial charge in [0.05, 0.1) is 6.61 Å². The molecule has 0 saturated carbocycles. The van der Waals surface area contributed by atoms with Gasteiger partial charge in [-0.1, -0.05) is 17.7 Å². The Balaban J connectivity index is 1.84. The van der Waals surface area contributed by atoms with Gasteiger partial charge in [-0.2, -0.15) is 0 Å². The normalized spacial score (nSPS) is 16.4. The fourth-order valence-corrected chi connectivity index (χ4v) is 2.55. The van der Waals surface area contributed by atoms with Gasteiger partial charge in [-0.25, -0.2) is 4.98 Å². The third-order valence-electron chi connectivity index (χ3n) is 3.40. The van der Waals surface area contributed by atoms with Gasteiger partial charge in [-0.05, 0) is 37.8 Å². The molecular formula is C14H19ClN2O2. The van der Waals surface area contributed by atoms with Crippen LogP contribution in [0.2, 0.25) is 5.15 Å². The summed E-state index contributed by atoms with van der Waals surface area (Å²) in [4.78, 5) is 18.0. The van der Waals surface area contributed by atoms with Crippen molar-refractivity contribution < 1.29 is 9.53 Å². The molecule has 0 radical (unpaired) electrons. The van der Waals surface area contributed by atoms with Gasteiger partial charge in [-0.15, -0.1) is 0 Å². The molecule has 2 rings (SSSR count). The maximum atomic E-state index is 11.4. The molecule has 1 saturated heterocycles. The highest BCUT2D eigenvalue weighted by atomic mass is 35.5. The van der Waals surface area contributed by atoms with Crippen LogP contribution in [-0.4, -0.2) is 30.6 Å². The summed E-state index contributed by atoms with van der Waals surface area (Å²) in [6.07, 6.45) is 2.52. The van der Waals surface area contributed by atoms with E-state index in [9.17, 15) is 4.79 Å². The summed E-state index contributed by atoms with van der Waals surface area (Å²) < 4.78 is 4.99. The monoisotopic (exact) mass is 282 g/mol. The fraction of sp³-hybridized carbons (Fsp3) is 0.571. The van der Waals surface area contributed by atoms with E-state index in [-0.39, 0.29) is 5.97 Å². The van der Waals surface area contributed by atoms with Crippen LogP contribution in [0.1, 0.15) is 26.2 Å². The number of aromatic nitrogens is 1. The van der Waals surface area contributed by atoms with Gasteiger partial charge in [0.1, 0.15) is 11.0 Å². The molecule has 1 aliphatic rings. The number of hydrogen-bond acceptors (Lipinski definition) is 4. The molecule has 1 aromatic heterocycles. The molecule has 5 heteroatoms. The zero-order valence-corrected chi connectivity index (χ0v) is 11.9. The maximum Gasteiger partial charge on any atom is 0.306 e. The van der Waals surface area contributed by atoms with Gasteiger partial charge in [0.2, 0.25) is 0 Å². The molecule has 4 nitrogen and oxygen atoms in total. The number of pyridine rings is 1. The number of rotatable bonds is 4. The molecule has 2 heterocycles. The second-order valence-electron chi connectivity index (χ2n) is 4.76. The molecule has 0 aromatic carbocycles. The van der Waals surface area contributed by atoms with Crippen LogP contribution in [0.3, 0.4) is 0 Å². The number of carbonyl (C=O) groups excluding carboxylic acids is 1. The van der Waals surface area contributed by atoms with Crippen LogP contribution in [0, 0.1) is 5.92 Å². The Morgan fingerprint density at radius 1 is 1.47 bits per heavy atom. The first kappa shape index (κ1) is 14.1. The number of ether oxygens (including phenoxy) is 1. The molecule has 1 fully saturated rings. The predicted octanol–water partition coefficient (Wildman–Crippen LogP) is 2.90. The van der Waals surface area contributed by atoms with Crippen LogP contribution in [0.5, 0.6) is 0 Å². The van der Waals surface area contributed by atoms with Gasteiger partial charge >= 0.3 is 5.97 Å². The number of piperidine rings is 1. The standard InChI is InChI=1S/C14H19ClN2O2/c1-2-19-14(18)10-11-6-8-17(9-7-11)13-5-3-4-12(15)16-13/h3-5,11H,2,6-10H2,1H3. The summed E-state index contributed by atoms with van der Waals surface area (Å²) in [5.41, 5.74) is 0. The van der Waals surface area contributed by atoms with Crippen LogP contribution in [0.15, 0.2) is 18.2 Å². The second-order valence-corrected chi connectivity index (χ2v) is 5.15. The third kappa shape index (κ3) is 4.10. The van der Waals surface area contributed by atoms with E-state index in [1.807, 2.05) is 19.1 Å². The Morgan fingerprint density at radius 2 is 2.21 bits per heavy atom. The zero-order chi connectivity index (χ0) is 13.7. The van der Waals surface area contributed by atoms with E-state index in [1.165, 1.54) is 0 Å². The Labute approximate surface area is 118 Å². The predicted molar refractivity (Wildman–Crippen MR) is 75.4 cm³/mol. The summed E-state index contributed by atoms with van der Waals surface area (Å²) in [6.45, 7) is 4.13. The van der Waals surface area contributed by atoms with Gasteiger partial charge in [0, 0.05) is 19.5 Å². The number of anilines is 1. The Hall–Kier alpha value is -1.29. The van der Waals surface area contributed by atoms with Crippen LogP contribution < -0.4 is 4.90 Å². The van der Waals surface area contributed by atoms with Crippen molar-refractivity contribution in [2.45, 2.75) is 26.2 Å². The molecular weight excluding hydrogens is 264 g/mol. The minimum absolute atomic E-state index is 0.0816. The van der Waals surface area contributed by atoms with Gasteiger partial charge in [0.25, 0.3) is 0 Å². The largest absolute Gasteiger partial charge is 0.466 e. The van der Waals surface area contributed by atoms with Gasteiger partial charge < -0.3 is 9.64 Å². The number of esters is 1.